The number of halogens is 1. The van der Waals surface area contributed by atoms with Gasteiger partial charge < -0.3 is 4.74 Å². The average Bonchev–Trinajstić information content (AvgIpc) is 2.56. The molecule has 122 valence electrons. The summed E-state index contributed by atoms with van der Waals surface area (Å²) >= 11 is 0. The molecule has 0 radical (unpaired) electrons. The van der Waals surface area contributed by atoms with E-state index in [4.69, 9.17) is 4.74 Å². The Bertz CT molecular complexity index is 753. The second-order valence-electron chi connectivity index (χ2n) is 5.24. The van der Waals surface area contributed by atoms with Gasteiger partial charge in [-0.25, -0.2) is 17.8 Å². The van der Waals surface area contributed by atoms with Gasteiger partial charge in [0.15, 0.2) is 0 Å². The standard InChI is InChI=1S/C15H16FN3O3S/c16-12-3-5-14(6-4-12)23(20,21)19-9-1-2-13(11-19)22-15-10-17-7-8-18-15/h3-8,10,13H,1-2,9,11H2. The SMILES string of the molecule is O=S(=O)(c1ccc(F)cc1)N1CCCC(Oc2cnccn2)C1. The number of rotatable bonds is 4. The maximum absolute atomic E-state index is 13.0. The highest BCUT2D eigenvalue weighted by atomic mass is 32.2. The van der Waals surface area contributed by atoms with Crippen molar-refractivity contribution in [3.8, 4) is 5.88 Å². The first-order chi connectivity index (χ1) is 11.1. The number of hydrogen-bond acceptors (Lipinski definition) is 5. The first-order valence-corrected chi connectivity index (χ1v) is 8.68. The molecule has 1 aromatic heterocycles. The second kappa shape index (κ2) is 6.59. The lowest BCUT2D eigenvalue weighted by Crippen LogP contribution is -2.44. The van der Waals surface area contributed by atoms with Gasteiger partial charge in [0.25, 0.3) is 0 Å². The zero-order valence-electron chi connectivity index (χ0n) is 12.3. The molecule has 1 fully saturated rings. The highest BCUT2D eigenvalue weighted by Gasteiger charge is 2.31. The average molecular weight is 337 g/mol. The van der Waals surface area contributed by atoms with Crippen LogP contribution in [0.15, 0.2) is 47.8 Å². The van der Waals surface area contributed by atoms with Crippen molar-refractivity contribution in [1.82, 2.24) is 14.3 Å². The molecule has 1 unspecified atom stereocenters. The summed E-state index contributed by atoms with van der Waals surface area (Å²) < 4.78 is 45.3. The number of aromatic nitrogens is 2. The molecule has 1 saturated heterocycles. The molecule has 0 amide bonds. The lowest BCUT2D eigenvalue weighted by atomic mass is 10.1. The number of hydrogen-bond donors (Lipinski definition) is 0. The van der Waals surface area contributed by atoms with Crippen molar-refractivity contribution < 1.29 is 17.5 Å². The molecule has 3 rings (SSSR count). The lowest BCUT2D eigenvalue weighted by molar-refractivity contribution is 0.124. The van der Waals surface area contributed by atoms with E-state index >= 15 is 0 Å². The van der Waals surface area contributed by atoms with Gasteiger partial charge in [-0.2, -0.15) is 4.31 Å². The maximum Gasteiger partial charge on any atom is 0.243 e. The number of piperidine rings is 1. The van der Waals surface area contributed by atoms with E-state index in [1.807, 2.05) is 0 Å². The Morgan fingerprint density at radius 2 is 2.00 bits per heavy atom. The monoisotopic (exact) mass is 337 g/mol. The number of sulfonamides is 1. The molecule has 2 aromatic rings. The topological polar surface area (TPSA) is 72.4 Å². The fourth-order valence-corrected chi connectivity index (χ4v) is 4.00. The zero-order chi connectivity index (χ0) is 16.3. The third-order valence-corrected chi connectivity index (χ3v) is 5.50. The van der Waals surface area contributed by atoms with Crippen LogP contribution in [0.4, 0.5) is 4.39 Å². The van der Waals surface area contributed by atoms with Crippen molar-refractivity contribution in [2.24, 2.45) is 0 Å². The van der Waals surface area contributed by atoms with E-state index in [0.717, 1.165) is 18.6 Å². The van der Waals surface area contributed by atoms with Crippen LogP contribution in [0.1, 0.15) is 12.8 Å². The second-order valence-corrected chi connectivity index (χ2v) is 7.18. The number of nitrogens with zero attached hydrogens (tertiary/aromatic N) is 3. The van der Waals surface area contributed by atoms with Gasteiger partial charge in [0.1, 0.15) is 11.9 Å². The van der Waals surface area contributed by atoms with Crippen LogP contribution in [-0.4, -0.2) is 41.9 Å². The molecule has 1 atom stereocenters. The number of ether oxygens (including phenoxy) is 1. The first kappa shape index (κ1) is 15.8. The van der Waals surface area contributed by atoms with Crippen LogP contribution in [0, 0.1) is 5.82 Å². The third-order valence-electron chi connectivity index (χ3n) is 3.62. The molecule has 6 nitrogen and oxygen atoms in total. The van der Waals surface area contributed by atoms with E-state index in [0.29, 0.717) is 18.8 Å². The molecule has 0 bridgehead atoms. The highest BCUT2D eigenvalue weighted by Crippen LogP contribution is 2.23. The zero-order valence-corrected chi connectivity index (χ0v) is 13.1. The van der Waals surface area contributed by atoms with Crippen LogP contribution >= 0.6 is 0 Å². The van der Waals surface area contributed by atoms with Gasteiger partial charge in [0, 0.05) is 18.9 Å². The molecule has 1 aliphatic rings. The predicted molar refractivity (Wildman–Crippen MR) is 80.8 cm³/mol. The van der Waals surface area contributed by atoms with Crippen LogP contribution < -0.4 is 4.74 Å². The minimum absolute atomic E-state index is 0.0825. The Kier molecular flexibility index (Phi) is 4.53. The van der Waals surface area contributed by atoms with E-state index in [1.54, 1.807) is 6.20 Å². The normalized spacial score (nSPS) is 19.4. The van der Waals surface area contributed by atoms with Gasteiger partial charge in [0.2, 0.25) is 15.9 Å². The smallest absolute Gasteiger partial charge is 0.243 e. The van der Waals surface area contributed by atoms with Gasteiger partial charge in [-0.1, -0.05) is 0 Å². The molecular weight excluding hydrogens is 321 g/mol. The molecular formula is C15H16FN3O3S. The highest BCUT2D eigenvalue weighted by molar-refractivity contribution is 7.89. The molecule has 2 heterocycles. The first-order valence-electron chi connectivity index (χ1n) is 7.24. The van der Waals surface area contributed by atoms with Gasteiger partial charge in [0.05, 0.1) is 17.6 Å². The Morgan fingerprint density at radius 1 is 1.22 bits per heavy atom. The Morgan fingerprint density at radius 3 is 2.70 bits per heavy atom. The minimum Gasteiger partial charge on any atom is -0.472 e. The summed E-state index contributed by atoms with van der Waals surface area (Å²) in [7, 11) is -3.65. The molecule has 23 heavy (non-hydrogen) atoms. The fourth-order valence-electron chi connectivity index (χ4n) is 2.49. The van der Waals surface area contributed by atoms with Crippen LogP contribution in [0.5, 0.6) is 5.88 Å². The summed E-state index contributed by atoms with van der Waals surface area (Å²) in [5, 5.41) is 0. The van der Waals surface area contributed by atoms with E-state index < -0.39 is 15.8 Å². The third kappa shape index (κ3) is 3.65. The Balaban J connectivity index is 1.74. The summed E-state index contributed by atoms with van der Waals surface area (Å²) in [4.78, 5) is 8.03. The van der Waals surface area contributed by atoms with Gasteiger partial charge in [-0.05, 0) is 37.1 Å². The van der Waals surface area contributed by atoms with Crippen LogP contribution in [0.25, 0.3) is 0 Å². The van der Waals surface area contributed by atoms with E-state index in [1.165, 1.54) is 28.8 Å². The molecule has 8 heteroatoms. The summed E-state index contributed by atoms with van der Waals surface area (Å²) in [6, 6.07) is 4.84. The molecule has 0 spiro atoms. The summed E-state index contributed by atoms with van der Waals surface area (Å²) in [5.74, 6) is -0.0926. The quantitative estimate of drug-likeness (QED) is 0.851. The Hall–Kier alpha value is -2.06. The molecule has 0 N–H and O–H groups in total. The van der Waals surface area contributed by atoms with Crippen LogP contribution in [0.2, 0.25) is 0 Å². The van der Waals surface area contributed by atoms with Crippen molar-refractivity contribution >= 4 is 10.0 Å². The maximum atomic E-state index is 13.0. The molecule has 1 aliphatic heterocycles. The minimum atomic E-state index is -3.65. The number of benzene rings is 1. The molecule has 0 aliphatic carbocycles. The van der Waals surface area contributed by atoms with E-state index in [-0.39, 0.29) is 17.5 Å². The van der Waals surface area contributed by atoms with Gasteiger partial charge >= 0.3 is 0 Å². The van der Waals surface area contributed by atoms with Crippen molar-refractivity contribution in [2.45, 2.75) is 23.8 Å². The van der Waals surface area contributed by atoms with Crippen LogP contribution in [-0.2, 0) is 10.0 Å². The van der Waals surface area contributed by atoms with Gasteiger partial charge in [-0.15, -0.1) is 0 Å². The summed E-state index contributed by atoms with van der Waals surface area (Å²) in [6.07, 6.45) is 5.70. The van der Waals surface area contributed by atoms with E-state index in [9.17, 15) is 12.8 Å². The van der Waals surface area contributed by atoms with Crippen molar-refractivity contribution in [2.75, 3.05) is 13.1 Å². The van der Waals surface area contributed by atoms with Crippen molar-refractivity contribution in [3.05, 3.63) is 48.7 Å². The van der Waals surface area contributed by atoms with Gasteiger partial charge in [-0.3, -0.25) is 4.98 Å². The Labute approximate surface area is 134 Å². The van der Waals surface area contributed by atoms with E-state index in [2.05, 4.69) is 9.97 Å². The summed E-state index contributed by atoms with van der Waals surface area (Å²) in [5.41, 5.74) is 0. The fraction of sp³-hybridized carbons (Fsp3) is 0.333. The lowest BCUT2D eigenvalue weighted by Gasteiger charge is -2.31. The molecule has 1 aromatic carbocycles. The van der Waals surface area contributed by atoms with Crippen LogP contribution in [0.3, 0.4) is 0 Å². The van der Waals surface area contributed by atoms with Crippen molar-refractivity contribution in [1.29, 1.82) is 0 Å². The molecule has 0 saturated carbocycles. The summed E-state index contributed by atoms with van der Waals surface area (Å²) in [6.45, 7) is 0.649. The van der Waals surface area contributed by atoms with Crippen molar-refractivity contribution in [3.63, 3.8) is 0 Å². The predicted octanol–water partition coefficient (Wildman–Crippen LogP) is 1.85. The largest absolute Gasteiger partial charge is 0.472 e.